The summed E-state index contributed by atoms with van der Waals surface area (Å²) in [5.41, 5.74) is 3.90. The minimum Gasteiger partial charge on any atom is -0.411 e. The zero-order valence-electron chi connectivity index (χ0n) is 31.0. The molecule has 4 nitrogen and oxygen atoms in total. The van der Waals surface area contributed by atoms with Crippen LogP contribution in [0.4, 0.5) is 0 Å². The van der Waals surface area contributed by atoms with Crippen LogP contribution in [0.15, 0.2) is 91.0 Å². The van der Waals surface area contributed by atoms with Crippen molar-refractivity contribution in [3.63, 3.8) is 0 Å². The van der Waals surface area contributed by atoms with Gasteiger partial charge < -0.3 is 18.7 Å². The molecule has 1 fully saturated rings. The maximum Gasteiger partial charge on any atom is 0.200 e. The normalized spacial score (nSPS) is 21.0. The van der Waals surface area contributed by atoms with Crippen LogP contribution < -0.4 is 0 Å². The number of aliphatic hydroxyl groups excluding tert-OH is 1. The Hall–Kier alpha value is -2.07. The van der Waals surface area contributed by atoms with Gasteiger partial charge in [-0.3, -0.25) is 0 Å². The summed E-state index contributed by atoms with van der Waals surface area (Å²) in [6, 6.07) is 31.7. The SMILES string of the molecule is CC(C)[Si](O[C@@H]1[C@@H](CO)[C@@H](CCOC(c2ccccc2)(c2ccccc2)c2ccccc2)[C@H]1O[Si](C)(C)C(C)(C)C)(C(C)C)C(C)C. The van der Waals surface area contributed by atoms with Crippen molar-refractivity contribution in [1.29, 1.82) is 0 Å². The van der Waals surface area contributed by atoms with Crippen molar-refractivity contribution in [2.75, 3.05) is 13.2 Å². The van der Waals surface area contributed by atoms with E-state index in [0.717, 1.165) is 23.1 Å². The number of rotatable bonds is 15. The lowest BCUT2D eigenvalue weighted by Crippen LogP contribution is -2.67. The highest BCUT2D eigenvalue weighted by Gasteiger charge is 2.59. The summed E-state index contributed by atoms with van der Waals surface area (Å²) in [6.45, 7) is 26.2. The van der Waals surface area contributed by atoms with Crippen LogP contribution in [0, 0.1) is 11.8 Å². The summed E-state index contributed by atoms with van der Waals surface area (Å²) < 4.78 is 22.0. The van der Waals surface area contributed by atoms with Crippen LogP contribution in [-0.2, 0) is 19.2 Å². The van der Waals surface area contributed by atoms with Gasteiger partial charge in [0, 0.05) is 19.1 Å². The first kappa shape index (κ1) is 37.7. The Labute approximate surface area is 288 Å². The van der Waals surface area contributed by atoms with Gasteiger partial charge in [-0.15, -0.1) is 0 Å². The molecule has 6 heteroatoms. The molecule has 3 aromatic rings. The number of hydrogen-bond donors (Lipinski definition) is 1. The fourth-order valence-electron chi connectivity index (χ4n) is 8.03. The smallest absolute Gasteiger partial charge is 0.200 e. The molecule has 47 heavy (non-hydrogen) atoms. The molecule has 4 atom stereocenters. The van der Waals surface area contributed by atoms with Crippen LogP contribution >= 0.6 is 0 Å². The van der Waals surface area contributed by atoms with Gasteiger partial charge in [-0.2, -0.15) is 0 Å². The van der Waals surface area contributed by atoms with Crippen LogP contribution in [0.2, 0.25) is 34.8 Å². The van der Waals surface area contributed by atoms with Crippen molar-refractivity contribution in [1.82, 2.24) is 0 Å². The third-order valence-corrected chi connectivity index (χ3v) is 22.1. The van der Waals surface area contributed by atoms with E-state index in [9.17, 15) is 5.11 Å². The molecule has 0 amide bonds. The third-order valence-electron chi connectivity index (χ3n) is 11.5. The number of benzene rings is 3. The summed E-state index contributed by atoms with van der Waals surface area (Å²) in [6.07, 6.45) is 0.595. The van der Waals surface area contributed by atoms with Gasteiger partial charge in [0.15, 0.2) is 8.32 Å². The topological polar surface area (TPSA) is 47.9 Å². The minimum absolute atomic E-state index is 0.0102. The molecule has 0 unspecified atom stereocenters. The molecule has 1 N–H and O–H groups in total. The lowest BCUT2D eigenvalue weighted by atomic mass is 9.67. The van der Waals surface area contributed by atoms with E-state index in [-0.39, 0.29) is 35.7 Å². The van der Waals surface area contributed by atoms with E-state index in [0.29, 0.717) is 23.2 Å². The zero-order valence-corrected chi connectivity index (χ0v) is 33.0. The average Bonchev–Trinajstić information content (AvgIpc) is 3.03. The molecule has 258 valence electrons. The molecule has 0 saturated heterocycles. The molecule has 0 radical (unpaired) electrons. The summed E-state index contributed by atoms with van der Waals surface area (Å²) in [5, 5.41) is 11.0. The second-order valence-electron chi connectivity index (χ2n) is 16.2. The second-order valence-corrected chi connectivity index (χ2v) is 26.3. The molecule has 1 aliphatic carbocycles. The van der Waals surface area contributed by atoms with Crippen LogP contribution in [-0.4, -0.2) is 47.2 Å². The van der Waals surface area contributed by atoms with Crippen molar-refractivity contribution in [2.45, 2.75) is 121 Å². The summed E-state index contributed by atoms with van der Waals surface area (Å²) >= 11 is 0. The number of hydrogen-bond acceptors (Lipinski definition) is 4. The van der Waals surface area contributed by atoms with Crippen molar-refractivity contribution < 1.29 is 18.7 Å². The summed E-state index contributed by atoms with van der Waals surface area (Å²) in [5.74, 6) is 0.147. The van der Waals surface area contributed by atoms with Gasteiger partial charge in [0.05, 0.1) is 12.2 Å². The van der Waals surface area contributed by atoms with Crippen molar-refractivity contribution in [2.24, 2.45) is 11.8 Å². The molecule has 0 heterocycles. The van der Waals surface area contributed by atoms with Crippen LogP contribution in [0.25, 0.3) is 0 Å². The maximum atomic E-state index is 11.0. The highest BCUT2D eigenvalue weighted by molar-refractivity contribution is 6.77. The zero-order chi connectivity index (χ0) is 34.6. The molecular formula is C41H62O4Si2. The van der Waals surface area contributed by atoms with Crippen molar-refractivity contribution in [3.8, 4) is 0 Å². The maximum absolute atomic E-state index is 11.0. The van der Waals surface area contributed by atoms with E-state index in [2.05, 4.69) is 166 Å². The van der Waals surface area contributed by atoms with E-state index in [1.165, 1.54) is 0 Å². The van der Waals surface area contributed by atoms with E-state index in [4.69, 9.17) is 13.6 Å². The molecule has 0 aromatic heterocycles. The Balaban J connectivity index is 1.72. The molecule has 0 bridgehead atoms. The highest BCUT2D eigenvalue weighted by Crippen LogP contribution is 2.52. The molecular weight excluding hydrogens is 613 g/mol. The Morgan fingerprint density at radius 2 is 1.00 bits per heavy atom. The van der Waals surface area contributed by atoms with Gasteiger partial charge in [-0.05, 0) is 63.8 Å². The van der Waals surface area contributed by atoms with Crippen LogP contribution in [0.1, 0.15) is 85.4 Å². The van der Waals surface area contributed by atoms with Crippen molar-refractivity contribution in [3.05, 3.63) is 108 Å². The van der Waals surface area contributed by atoms with Gasteiger partial charge in [0.2, 0.25) is 8.32 Å². The van der Waals surface area contributed by atoms with E-state index in [1.807, 2.05) is 0 Å². The predicted molar refractivity (Wildman–Crippen MR) is 202 cm³/mol. The second kappa shape index (κ2) is 15.2. The van der Waals surface area contributed by atoms with Gasteiger partial charge in [-0.25, -0.2) is 0 Å². The Bertz CT molecular complexity index is 1250. The fraction of sp³-hybridized carbons (Fsp3) is 0.561. The molecule has 0 aliphatic heterocycles. The third kappa shape index (κ3) is 7.44. The lowest BCUT2D eigenvalue weighted by Gasteiger charge is -2.58. The Morgan fingerprint density at radius 1 is 0.617 bits per heavy atom. The first-order valence-electron chi connectivity index (χ1n) is 17.9. The van der Waals surface area contributed by atoms with Gasteiger partial charge >= 0.3 is 0 Å². The Kier molecular flexibility index (Phi) is 12.2. The van der Waals surface area contributed by atoms with E-state index < -0.39 is 22.2 Å². The van der Waals surface area contributed by atoms with Crippen LogP contribution in [0.3, 0.4) is 0 Å². The van der Waals surface area contributed by atoms with Gasteiger partial charge in [0.25, 0.3) is 0 Å². The highest BCUT2D eigenvalue weighted by atomic mass is 28.4. The standard InChI is InChI=1S/C41H62O4Si2/c1-30(2)47(31(3)4,32(5)6)45-39-37(29-42)36(38(39)44-46(10,11)40(7,8)9)27-28-43-41(33-21-15-12-16-22-33,34-23-17-13-18-24-34)35-25-19-14-20-26-35/h12-26,30-32,36-39,42H,27-29H2,1-11H3/t36-,37+,38-,39-/m1/s1. The van der Waals surface area contributed by atoms with E-state index >= 15 is 0 Å². The average molecular weight is 675 g/mol. The number of ether oxygens (including phenoxy) is 1. The first-order chi connectivity index (χ1) is 22.1. The summed E-state index contributed by atoms with van der Waals surface area (Å²) in [4.78, 5) is 0. The predicted octanol–water partition coefficient (Wildman–Crippen LogP) is 10.6. The molecule has 3 aromatic carbocycles. The largest absolute Gasteiger partial charge is 0.411 e. The lowest BCUT2D eigenvalue weighted by molar-refractivity contribution is -0.162. The van der Waals surface area contributed by atoms with Crippen LogP contribution in [0.5, 0.6) is 0 Å². The van der Waals surface area contributed by atoms with E-state index in [1.54, 1.807) is 0 Å². The first-order valence-corrected chi connectivity index (χ1v) is 22.9. The number of aliphatic hydroxyl groups is 1. The molecule has 1 aliphatic rings. The Morgan fingerprint density at radius 3 is 1.34 bits per heavy atom. The molecule has 1 saturated carbocycles. The van der Waals surface area contributed by atoms with Crippen molar-refractivity contribution >= 4 is 16.6 Å². The van der Waals surface area contributed by atoms with Gasteiger partial charge in [0.1, 0.15) is 5.60 Å². The fourth-order valence-corrected chi connectivity index (χ4v) is 15.0. The molecule has 4 rings (SSSR count). The van der Waals surface area contributed by atoms with Gasteiger partial charge in [-0.1, -0.05) is 153 Å². The monoisotopic (exact) mass is 674 g/mol. The molecule has 0 spiro atoms. The minimum atomic E-state index is -2.21. The quantitative estimate of drug-likeness (QED) is 0.129. The summed E-state index contributed by atoms with van der Waals surface area (Å²) in [7, 11) is -4.35.